The van der Waals surface area contributed by atoms with Crippen molar-refractivity contribution >= 4 is 21.7 Å². The number of hydrogen-bond donors (Lipinski definition) is 1. The Morgan fingerprint density at radius 3 is 2.43 bits per heavy atom. The van der Waals surface area contributed by atoms with Gasteiger partial charge < -0.3 is 5.73 Å². The average Bonchev–Trinajstić information content (AvgIpc) is 2.77. The van der Waals surface area contributed by atoms with Crippen LogP contribution in [0.5, 0.6) is 0 Å². The summed E-state index contributed by atoms with van der Waals surface area (Å²) in [6, 6.07) is 14.1. The van der Waals surface area contributed by atoms with E-state index in [1.165, 1.54) is 12.1 Å². The lowest BCUT2D eigenvalue weighted by atomic mass is 10.0. The maximum absolute atomic E-state index is 13.1. The standard InChI is InChI=1S/C16H13BrFN3/c1-21-16(19)14(12-4-2-3-5-13(12)17)15(20-21)10-6-8-11(18)9-7-10/h2-9H,19H2,1H3. The monoisotopic (exact) mass is 345 g/mol. The van der Waals surface area contributed by atoms with E-state index >= 15 is 0 Å². The zero-order valence-corrected chi connectivity index (χ0v) is 12.9. The fraction of sp³-hybridized carbons (Fsp3) is 0.0625. The lowest BCUT2D eigenvalue weighted by Crippen LogP contribution is -1.98. The number of halogens is 2. The number of nitrogens with two attached hydrogens (primary N) is 1. The van der Waals surface area contributed by atoms with Gasteiger partial charge in [0.05, 0.1) is 5.56 Å². The van der Waals surface area contributed by atoms with Crippen molar-refractivity contribution in [3.05, 3.63) is 58.8 Å². The van der Waals surface area contributed by atoms with E-state index in [2.05, 4.69) is 21.0 Å². The Kier molecular flexibility index (Phi) is 3.51. The van der Waals surface area contributed by atoms with Crippen LogP contribution in [0.1, 0.15) is 0 Å². The van der Waals surface area contributed by atoms with Crippen molar-refractivity contribution in [2.24, 2.45) is 7.05 Å². The smallest absolute Gasteiger partial charge is 0.129 e. The van der Waals surface area contributed by atoms with Gasteiger partial charge in [0, 0.05) is 22.6 Å². The second kappa shape index (κ2) is 5.33. The molecule has 3 rings (SSSR count). The van der Waals surface area contributed by atoms with Gasteiger partial charge in [-0.05, 0) is 30.3 Å². The van der Waals surface area contributed by atoms with Crippen LogP contribution in [0.15, 0.2) is 53.0 Å². The van der Waals surface area contributed by atoms with Crippen LogP contribution >= 0.6 is 15.9 Å². The van der Waals surface area contributed by atoms with Crippen LogP contribution in [-0.2, 0) is 7.05 Å². The highest BCUT2D eigenvalue weighted by Gasteiger charge is 2.18. The first kappa shape index (κ1) is 13.8. The molecule has 0 saturated carbocycles. The Labute approximate surface area is 130 Å². The van der Waals surface area contributed by atoms with E-state index in [1.54, 1.807) is 23.9 Å². The molecule has 0 saturated heterocycles. The van der Waals surface area contributed by atoms with Crippen molar-refractivity contribution in [1.29, 1.82) is 0 Å². The van der Waals surface area contributed by atoms with Gasteiger partial charge in [-0.3, -0.25) is 4.68 Å². The third-order valence-electron chi connectivity index (χ3n) is 3.35. The third kappa shape index (κ3) is 2.45. The molecule has 2 aromatic carbocycles. The SMILES string of the molecule is Cn1nc(-c2ccc(F)cc2)c(-c2ccccc2Br)c1N. The minimum Gasteiger partial charge on any atom is -0.383 e. The van der Waals surface area contributed by atoms with E-state index in [4.69, 9.17) is 5.73 Å². The van der Waals surface area contributed by atoms with Gasteiger partial charge in [-0.25, -0.2) is 4.39 Å². The number of benzene rings is 2. The van der Waals surface area contributed by atoms with Gasteiger partial charge in [0.25, 0.3) is 0 Å². The fourth-order valence-electron chi connectivity index (χ4n) is 2.28. The van der Waals surface area contributed by atoms with E-state index in [-0.39, 0.29) is 5.82 Å². The summed E-state index contributed by atoms with van der Waals surface area (Å²) < 4.78 is 15.7. The van der Waals surface area contributed by atoms with Crippen molar-refractivity contribution in [2.45, 2.75) is 0 Å². The number of nitrogen functional groups attached to an aromatic ring is 1. The molecule has 0 radical (unpaired) electrons. The predicted molar refractivity (Wildman–Crippen MR) is 86.2 cm³/mol. The molecule has 1 heterocycles. The zero-order valence-electron chi connectivity index (χ0n) is 11.3. The molecular weight excluding hydrogens is 333 g/mol. The van der Waals surface area contributed by atoms with E-state index in [0.717, 1.165) is 26.9 Å². The molecule has 0 bridgehead atoms. The molecule has 21 heavy (non-hydrogen) atoms. The molecule has 0 unspecified atom stereocenters. The molecule has 106 valence electrons. The number of nitrogens with zero attached hydrogens (tertiary/aromatic N) is 2. The summed E-state index contributed by atoms with van der Waals surface area (Å²) >= 11 is 3.54. The Bertz CT molecular complexity index is 794. The predicted octanol–water partition coefficient (Wildman–Crippen LogP) is 4.24. The van der Waals surface area contributed by atoms with Crippen LogP contribution in [0.3, 0.4) is 0 Å². The van der Waals surface area contributed by atoms with Crippen LogP contribution in [-0.4, -0.2) is 9.78 Å². The first-order valence-electron chi connectivity index (χ1n) is 6.41. The molecule has 0 aliphatic rings. The molecule has 0 amide bonds. The highest BCUT2D eigenvalue weighted by Crippen LogP contribution is 2.39. The molecular formula is C16H13BrFN3. The van der Waals surface area contributed by atoms with Gasteiger partial charge in [-0.1, -0.05) is 34.1 Å². The van der Waals surface area contributed by atoms with Crippen LogP contribution in [0.25, 0.3) is 22.4 Å². The second-order valence-corrected chi connectivity index (χ2v) is 5.57. The van der Waals surface area contributed by atoms with Gasteiger partial charge in [-0.2, -0.15) is 5.10 Å². The van der Waals surface area contributed by atoms with Gasteiger partial charge in [0.2, 0.25) is 0 Å². The van der Waals surface area contributed by atoms with E-state index in [0.29, 0.717) is 5.82 Å². The topological polar surface area (TPSA) is 43.8 Å². The van der Waals surface area contributed by atoms with Crippen LogP contribution in [0, 0.1) is 5.82 Å². The molecule has 2 N–H and O–H groups in total. The van der Waals surface area contributed by atoms with E-state index in [9.17, 15) is 4.39 Å². The largest absolute Gasteiger partial charge is 0.383 e. The molecule has 3 aromatic rings. The van der Waals surface area contributed by atoms with Crippen molar-refractivity contribution in [3.8, 4) is 22.4 Å². The summed E-state index contributed by atoms with van der Waals surface area (Å²) in [5.41, 5.74) is 9.55. The number of aromatic nitrogens is 2. The fourth-order valence-corrected chi connectivity index (χ4v) is 2.76. The summed E-state index contributed by atoms with van der Waals surface area (Å²) in [7, 11) is 1.79. The Balaban J connectivity index is 2.26. The number of hydrogen-bond acceptors (Lipinski definition) is 2. The first-order chi connectivity index (χ1) is 10.1. The minimum atomic E-state index is -0.273. The highest BCUT2D eigenvalue weighted by molar-refractivity contribution is 9.10. The Hall–Kier alpha value is -2.14. The molecule has 3 nitrogen and oxygen atoms in total. The Morgan fingerprint density at radius 1 is 1.10 bits per heavy atom. The van der Waals surface area contributed by atoms with Crippen LogP contribution < -0.4 is 5.73 Å². The molecule has 0 aliphatic carbocycles. The van der Waals surface area contributed by atoms with Crippen LogP contribution in [0.2, 0.25) is 0 Å². The maximum atomic E-state index is 13.1. The molecule has 0 spiro atoms. The lowest BCUT2D eigenvalue weighted by Gasteiger charge is -2.06. The van der Waals surface area contributed by atoms with Gasteiger partial charge >= 0.3 is 0 Å². The second-order valence-electron chi connectivity index (χ2n) is 4.72. The lowest BCUT2D eigenvalue weighted by molar-refractivity contribution is 0.628. The van der Waals surface area contributed by atoms with Crippen molar-refractivity contribution < 1.29 is 4.39 Å². The summed E-state index contributed by atoms with van der Waals surface area (Å²) in [4.78, 5) is 0. The summed E-state index contributed by atoms with van der Waals surface area (Å²) in [6.07, 6.45) is 0. The molecule has 0 atom stereocenters. The molecule has 0 fully saturated rings. The first-order valence-corrected chi connectivity index (χ1v) is 7.20. The van der Waals surface area contributed by atoms with E-state index < -0.39 is 0 Å². The van der Waals surface area contributed by atoms with E-state index in [1.807, 2.05) is 24.3 Å². The quantitative estimate of drug-likeness (QED) is 0.754. The number of aryl methyl sites for hydroxylation is 1. The summed E-state index contributed by atoms with van der Waals surface area (Å²) in [6.45, 7) is 0. The summed E-state index contributed by atoms with van der Waals surface area (Å²) in [5, 5.41) is 4.48. The van der Waals surface area contributed by atoms with Gasteiger partial charge in [-0.15, -0.1) is 0 Å². The summed E-state index contributed by atoms with van der Waals surface area (Å²) in [5.74, 6) is 0.298. The molecule has 0 aliphatic heterocycles. The molecule has 1 aromatic heterocycles. The molecule has 5 heteroatoms. The number of rotatable bonds is 2. The normalized spacial score (nSPS) is 10.8. The third-order valence-corrected chi connectivity index (χ3v) is 4.04. The highest BCUT2D eigenvalue weighted by atomic mass is 79.9. The number of anilines is 1. The van der Waals surface area contributed by atoms with Crippen LogP contribution in [0.4, 0.5) is 10.2 Å². The maximum Gasteiger partial charge on any atom is 0.129 e. The minimum absolute atomic E-state index is 0.273. The van der Waals surface area contributed by atoms with Gasteiger partial charge in [0.15, 0.2) is 0 Å². The average molecular weight is 346 g/mol. The zero-order chi connectivity index (χ0) is 15.0. The van der Waals surface area contributed by atoms with Crippen molar-refractivity contribution in [3.63, 3.8) is 0 Å². The Morgan fingerprint density at radius 2 is 1.76 bits per heavy atom. The van der Waals surface area contributed by atoms with Gasteiger partial charge in [0.1, 0.15) is 17.3 Å². The van der Waals surface area contributed by atoms with Crippen molar-refractivity contribution in [1.82, 2.24) is 9.78 Å². The van der Waals surface area contributed by atoms with Crippen molar-refractivity contribution in [2.75, 3.05) is 5.73 Å².